The molecule has 0 aliphatic carbocycles. The average Bonchev–Trinajstić information content (AvgIpc) is 2.25. The van der Waals surface area contributed by atoms with Crippen molar-refractivity contribution < 1.29 is 14.8 Å². The molecule has 0 atom stereocenters. The highest BCUT2D eigenvalue weighted by Gasteiger charge is 2.23. The SMILES string of the molecule is CCCNc1cccc(C(=O)O)c1[N+](=O)[O-]. The highest BCUT2D eigenvalue weighted by Crippen LogP contribution is 2.28. The van der Waals surface area contributed by atoms with Gasteiger partial charge in [0, 0.05) is 6.54 Å². The van der Waals surface area contributed by atoms with Gasteiger partial charge in [0.25, 0.3) is 0 Å². The molecule has 6 nitrogen and oxygen atoms in total. The van der Waals surface area contributed by atoms with E-state index in [-0.39, 0.29) is 16.9 Å². The minimum atomic E-state index is -1.30. The molecule has 0 heterocycles. The summed E-state index contributed by atoms with van der Waals surface area (Å²) in [7, 11) is 0. The summed E-state index contributed by atoms with van der Waals surface area (Å²) in [6, 6.07) is 4.20. The lowest BCUT2D eigenvalue weighted by molar-refractivity contribution is -0.384. The van der Waals surface area contributed by atoms with Crippen LogP contribution in [0.1, 0.15) is 23.7 Å². The summed E-state index contributed by atoms with van der Waals surface area (Å²) in [6.07, 6.45) is 0.800. The number of para-hydroxylation sites is 1. The Morgan fingerprint density at radius 1 is 1.56 bits per heavy atom. The van der Waals surface area contributed by atoms with Crippen LogP contribution in [0.4, 0.5) is 11.4 Å². The third-order valence-electron chi connectivity index (χ3n) is 2.01. The summed E-state index contributed by atoms with van der Waals surface area (Å²) in [5, 5.41) is 22.5. The minimum Gasteiger partial charge on any atom is -0.477 e. The van der Waals surface area contributed by atoms with E-state index in [1.54, 1.807) is 0 Å². The van der Waals surface area contributed by atoms with E-state index in [1.807, 2.05) is 6.92 Å². The molecule has 1 aromatic rings. The number of nitrogens with one attached hydrogen (secondary N) is 1. The van der Waals surface area contributed by atoms with Gasteiger partial charge in [0.15, 0.2) is 0 Å². The van der Waals surface area contributed by atoms with E-state index in [9.17, 15) is 14.9 Å². The van der Waals surface area contributed by atoms with Crippen molar-refractivity contribution in [2.75, 3.05) is 11.9 Å². The second kappa shape index (κ2) is 5.11. The lowest BCUT2D eigenvalue weighted by atomic mass is 10.1. The van der Waals surface area contributed by atoms with Gasteiger partial charge in [-0.2, -0.15) is 0 Å². The van der Waals surface area contributed by atoms with E-state index in [4.69, 9.17) is 5.11 Å². The Hall–Kier alpha value is -2.11. The molecule has 0 amide bonds. The highest BCUT2D eigenvalue weighted by molar-refractivity contribution is 5.95. The molecule has 0 bridgehead atoms. The predicted octanol–water partition coefficient (Wildman–Crippen LogP) is 2.11. The van der Waals surface area contributed by atoms with Gasteiger partial charge in [0.05, 0.1) is 4.92 Å². The van der Waals surface area contributed by atoms with Gasteiger partial charge in [-0.15, -0.1) is 0 Å². The Bertz CT molecular complexity index is 417. The van der Waals surface area contributed by atoms with E-state index in [1.165, 1.54) is 18.2 Å². The van der Waals surface area contributed by atoms with Crippen LogP contribution in [0, 0.1) is 10.1 Å². The first-order valence-corrected chi connectivity index (χ1v) is 4.82. The summed E-state index contributed by atoms with van der Waals surface area (Å²) >= 11 is 0. The molecule has 0 aromatic heterocycles. The zero-order valence-electron chi connectivity index (χ0n) is 8.77. The van der Waals surface area contributed by atoms with Crippen molar-refractivity contribution in [1.29, 1.82) is 0 Å². The quantitative estimate of drug-likeness (QED) is 0.590. The zero-order valence-corrected chi connectivity index (χ0v) is 8.77. The van der Waals surface area contributed by atoms with Crippen LogP contribution in [-0.2, 0) is 0 Å². The van der Waals surface area contributed by atoms with Crippen molar-refractivity contribution in [2.45, 2.75) is 13.3 Å². The molecule has 16 heavy (non-hydrogen) atoms. The Morgan fingerprint density at radius 2 is 2.25 bits per heavy atom. The maximum absolute atomic E-state index is 10.8. The lowest BCUT2D eigenvalue weighted by Crippen LogP contribution is -2.08. The lowest BCUT2D eigenvalue weighted by Gasteiger charge is -2.06. The summed E-state index contributed by atoms with van der Waals surface area (Å²) < 4.78 is 0. The third kappa shape index (κ3) is 2.47. The van der Waals surface area contributed by atoms with Gasteiger partial charge in [0.1, 0.15) is 11.3 Å². The number of hydrogen-bond donors (Lipinski definition) is 2. The Balaban J connectivity index is 3.21. The molecule has 1 rings (SSSR count). The monoisotopic (exact) mass is 224 g/mol. The van der Waals surface area contributed by atoms with Crippen molar-refractivity contribution in [3.05, 3.63) is 33.9 Å². The fourth-order valence-electron chi connectivity index (χ4n) is 1.32. The van der Waals surface area contributed by atoms with Crippen LogP contribution < -0.4 is 5.32 Å². The summed E-state index contributed by atoms with van der Waals surface area (Å²) in [4.78, 5) is 21.0. The largest absolute Gasteiger partial charge is 0.477 e. The second-order valence-electron chi connectivity index (χ2n) is 3.19. The van der Waals surface area contributed by atoms with Crippen LogP contribution >= 0.6 is 0 Å². The number of nitro benzene ring substituents is 1. The summed E-state index contributed by atoms with van der Waals surface area (Å²) in [5.74, 6) is -1.30. The first kappa shape index (κ1) is 12.0. The van der Waals surface area contributed by atoms with Gasteiger partial charge in [0.2, 0.25) is 0 Å². The van der Waals surface area contributed by atoms with Gasteiger partial charge in [-0.05, 0) is 18.6 Å². The molecule has 0 saturated carbocycles. The van der Waals surface area contributed by atoms with Crippen LogP contribution in [-0.4, -0.2) is 22.5 Å². The molecule has 0 aliphatic heterocycles. The number of hydrogen-bond acceptors (Lipinski definition) is 4. The first-order valence-electron chi connectivity index (χ1n) is 4.82. The molecule has 0 radical (unpaired) electrons. The van der Waals surface area contributed by atoms with E-state index < -0.39 is 10.9 Å². The van der Waals surface area contributed by atoms with Crippen LogP contribution in [0.2, 0.25) is 0 Å². The van der Waals surface area contributed by atoms with E-state index in [0.29, 0.717) is 6.54 Å². The highest BCUT2D eigenvalue weighted by atomic mass is 16.6. The molecule has 0 unspecified atom stereocenters. The van der Waals surface area contributed by atoms with Gasteiger partial charge in [-0.25, -0.2) is 4.79 Å². The van der Waals surface area contributed by atoms with Gasteiger partial charge >= 0.3 is 11.7 Å². The van der Waals surface area contributed by atoms with E-state index in [2.05, 4.69) is 5.32 Å². The number of anilines is 1. The summed E-state index contributed by atoms with van der Waals surface area (Å²) in [6.45, 7) is 2.48. The molecule has 0 fully saturated rings. The number of nitro groups is 1. The first-order chi connectivity index (χ1) is 7.57. The number of nitrogens with zero attached hydrogens (tertiary/aromatic N) is 1. The topological polar surface area (TPSA) is 92.5 Å². The molecule has 1 aromatic carbocycles. The van der Waals surface area contributed by atoms with Crippen molar-refractivity contribution in [3.8, 4) is 0 Å². The van der Waals surface area contributed by atoms with Crippen molar-refractivity contribution in [1.82, 2.24) is 0 Å². The normalized spacial score (nSPS) is 9.81. The molecular formula is C10H12N2O4. The number of carboxylic acids is 1. The average molecular weight is 224 g/mol. The molecule has 0 aliphatic rings. The van der Waals surface area contributed by atoms with Gasteiger partial charge in [-0.3, -0.25) is 10.1 Å². The van der Waals surface area contributed by atoms with Gasteiger partial charge in [-0.1, -0.05) is 13.0 Å². The third-order valence-corrected chi connectivity index (χ3v) is 2.01. The minimum absolute atomic E-state index is 0.242. The molecule has 6 heteroatoms. The van der Waals surface area contributed by atoms with Crippen molar-refractivity contribution in [2.24, 2.45) is 0 Å². The molecule has 86 valence electrons. The molecule has 0 saturated heterocycles. The Labute approximate surface area is 92.0 Å². The van der Waals surface area contributed by atoms with Crippen LogP contribution in [0.5, 0.6) is 0 Å². The fourth-order valence-corrected chi connectivity index (χ4v) is 1.32. The fraction of sp³-hybridized carbons (Fsp3) is 0.300. The van der Waals surface area contributed by atoms with Gasteiger partial charge < -0.3 is 10.4 Å². The second-order valence-corrected chi connectivity index (χ2v) is 3.19. The van der Waals surface area contributed by atoms with E-state index >= 15 is 0 Å². The van der Waals surface area contributed by atoms with Crippen molar-refractivity contribution >= 4 is 17.3 Å². The summed E-state index contributed by atoms with van der Waals surface area (Å²) in [5.41, 5.74) is -0.443. The standard InChI is InChI=1S/C10H12N2O4/c1-2-6-11-8-5-3-4-7(10(13)14)9(8)12(15)16/h3-5,11H,2,6H2,1H3,(H,13,14). The number of aromatic carboxylic acids is 1. The smallest absolute Gasteiger partial charge is 0.342 e. The number of carboxylic acid groups (broad SMARTS) is 1. The maximum atomic E-state index is 10.8. The zero-order chi connectivity index (χ0) is 12.1. The van der Waals surface area contributed by atoms with Crippen LogP contribution in [0.25, 0.3) is 0 Å². The van der Waals surface area contributed by atoms with Crippen LogP contribution in [0.15, 0.2) is 18.2 Å². The van der Waals surface area contributed by atoms with Crippen molar-refractivity contribution in [3.63, 3.8) is 0 Å². The maximum Gasteiger partial charge on any atom is 0.342 e. The Morgan fingerprint density at radius 3 is 2.75 bits per heavy atom. The number of carbonyl (C=O) groups is 1. The Kier molecular flexibility index (Phi) is 3.82. The van der Waals surface area contributed by atoms with Crippen LogP contribution in [0.3, 0.4) is 0 Å². The van der Waals surface area contributed by atoms with E-state index in [0.717, 1.165) is 6.42 Å². The number of rotatable bonds is 5. The molecular weight excluding hydrogens is 212 g/mol. The predicted molar refractivity (Wildman–Crippen MR) is 58.8 cm³/mol. The molecule has 2 N–H and O–H groups in total. The molecule has 0 spiro atoms. The number of benzene rings is 1.